The third-order valence-corrected chi connectivity index (χ3v) is 3.13. The standard InChI is InChI=1S/C16H20N6O2/c17-11-5-3-7-13(19-11)21-15(23)9-1-2-10-16(24)22-14-8-4-6-12(18)20-14/h3-8H,1-2,9-10H2,(H3,17,19,21,23)(H3,18,20,22,24). The molecule has 2 aromatic rings. The van der Waals surface area contributed by atoms with Crippen molar-refractivity contribution >= 4 is 35.1 Å². The Morgan fingerprint density at radius 1 is 0.792 bits per heavy atom. The van der Waals surface area contributed by atoms with Crippen molar-refractivity contribution < 1.29 is 9.59 Å². The summed E-state index contributed by atoms with van der Waals surface area (Å²) in [6, 6.07) is 10.0. The second-order valence-electron chi connectivity index (χ2n) is 5.20. The minimum atomic E-state index is -0.161. The molecule has 0 radical (unpaired) electrons. The molecule has 6 N–H and O–H groups in total. The first kappa shape index (κ1) is 17.2. The molecule has 0 aromatic carbocycles. The number of hydrogen-bond donors (Lipinski definition) is 4. The van der Waals surface area contributed by atoms with E-state index in [-0.39, 0.29) is 11.8 Å². The molecule has 24 heavy (non-hydrogen) atoms. The summed E-state index contributed by atoms with van der Waals surface area (Å²) in [6.45, 7) is 0. The summed E-state index contributed by atoms with van der Waals surface area (Å²) in [4.78, 5) is 31.5. The summed E-state index contributed by atoms with van der Waals surface area (Å²) in [5, 5.41) is 5.32. The lowest BCUT2D eigenvalue weighted by molar-refractivity contribution is -0.118. The van der Waals surface area contributed by atoms with Gasteiger partial charge < -0.3 is 22.1 Å². The Bertz CT molecular complexity index is 658. The van der Waals surface area contributed by atoms with Gasteiger partial charge in [0.05, 0.1) is 0 Å². The maximum absolute atomic E-state index is 11.8. The highest BCUT2D eigenvalue weighted by Gasteiger charge is 2.06. The van der Waals surface area contributed by atoms with Gasteiger partial charge in [-0.05, 0) is 37.1 Å². The first-order chi connectivity index (χ1) is 11.5. The Labute approximate surface area is 139 Å². The monoisotopic (exact) mass is 328 g/mol. The van der Waals surface area contributed by atoms with Gasteiger partial charge in [0.2, 0.25) is 11.8 Å². The van der Waals surface area contributed by atoms with Crippen molar-refractivity contribution in [2.24, 2.45) is 0 Å². The number of pyridine rings is 2. The van der Waals surface area contributed by atoms with Gasteiger partial charge in [-0.15, -0.1) is 0 Å². The van der Waals surface area contributed by atoms with Crippen molar-refractivity contribution in [2.45, 2.75) is 25.7 Å². The normalized spacial score (nSPS) is 10.2. The van der Waals surface area contributed by atoms with Crippen LogP contribution >= 0.6 is 0 Å². The van der Waals surface area contributed by atoms with Gasteiger partial charge in [-0.2, -0.15) is 0 Å². The fraction of sp³-hybridized carbons (Fsp3) is 0.250. The van der Waals surface area contributed by atoms with E-state index in [1.165, 1.54) is 0 Å². The summed E-state index contributed by atoms with van der Waals surface area (Å²) < 4.78 is 0. The van der Waals surface area contributed by atoms with Crippen LogP contribution in [0.15, 0.2) is 36.4 Å². The number of nitrogens with one attached hydrogen (secondary N) is 2. The zero-order valence-electron chi connectivity index (χ0n) is 13.2. The molecule has 0 aliphatic heterocycles. The molecule has 0 bridgehead atoms. The number of nitrogens with zero attached hydrogens (tertiary/aromatic N) is 2. The fourth-order valence-electron chi connectivity index (χ4n) is 2.02. The van der Waals surface area contributed by atoms with E-state index in [9.17, 15) is 9.59 Å². The number of carbonyl (C=O) groups is 2. The zero-order chi connectivity index (χ0) is 17.4. The molecule has 0 atom stereocenters. The molecule has 0 aliphatic carbocycles. The molecular weight excluding hydrogens is 308 g/mol. The first-order valence-corrected chi connectivity index (χ1v) is 7.58. The topological polar surface area (TPSA) is 136 Å². The molecule has 2 rings (SSSR count). The van der Waals surface area contributed by atoms with Gasteiger partial charge in [-0.1, -0.05) is 12.1 Å². The smallest absolute Gasteiger partial charge is 0.225 e. The number of aromatic nitrogens is 2. The van der Waals surface area contributed by atoms with E-state index in [1.807, 2.05) is 0 Å². The molecule has 0 fully saturated rings. The third-order valence-electron chi connectivity index (χ3n) is 3.13. The summed E-state index contributed by atoms with van der Waals surface area (Å²) in [6.07, 6.45) is 1.79. The summed E-state index contributed by atoms with van der Waals surface area (Å²) in [7, 11) is 0. The third kappa shape index (κ3) is 5.91. The maximum atomic E-state index is 11.8. The van der Waals surface area contributed by atoms with E-state index in [4.69, 9.17) is 11.5 Å². The van der Waals surface area contributed by atoms with Crippen LogP contribution < -0.4 is 22.1 Å². The molecule has 0 spiro atoms. The van der Waals surface area contributed by atoms with E-state index in [1.54, 1.807) is 36.4 Å². The average molecular weight is 328 g/mol. The molecular formula is C16H20N6O2. The summed E-state index contributed by atoms with van der Waals surface area (Å²) in [5.74, 6) is 1.22. The molecule has 8 nitrogen and oxygen atoms in total. The predicted octanol–water partition coefficient (Wildman–Crippen LogP) is 1.78. The molecule has 8 heteroatoms. The van der Waals surface area contributed by atoms with E-state index in [0.717, 1.165) is 0 Å². The number of hydrogen-bond acceptors (Lipinski definition) is 6. The van der Waals surface area contributed by atoms with E-state index in [2.05, 4.69) is 20.6 Å². The van der Waals surface area contributed by atoms with E-state index in [0.29, 0.717) is 49.0 Å². The highest BCUT2D eigenvalue weighted by Crippen LogP contribution is 2.09. The van der Waals surface area contributed by atoms with Crippen LogP contribution in [0, 0.1) is 0 Å². The van der Waals surface area contributed by atoms with Crippen molar-refractivity contribution in [3.63, 3.8) is 0 Å². The Morgan fingerprint density at radius 2 is 1.21 bits per heavy atom. The number of unbranched alkanes of at least 4 members (excludes halogenated alkanes) is 1. The first-order valence-electron chi connectivity index (χ1n) is 7.58. The molecule has 2 aromatic heterocycles. The zero-order valence-corrected chi connectivity index (χ0v) is 13.2. The van der Waals surface area contributed by atoms with Crippen LogP contribution in [0.4, 0.5) is 23.3 Å². The second-order valence-corrected chi connectivity index (χ2v) is 5.20. The summed E-state index contributed by atoms with van der Waals surface area (Å²) >= 11 is 0. The maximum Gasteiger partial charge on any atom is 0.225 e. The van der Waals surface area contributed by atoms with Crippen LogP contribution in [0.1, 0.15) is 25.7 Å². The molecule has 0 unspecified atom stereocenters. The number of carbonyl (C=O) groups excluding carboxylic acids is 2. The number of anilines is 4. The number of amides is 2. The lowest BCUT2D eigenvalue weighted by atomic mass is 10.2. The highest BCUT2D eigenvalue weighted by molar-refractivity contribution is 5.90. The summed E-state index contributed by atoms with van der Waals surface area (Å²) in [5.41, 5.74) is 11.1. The second kappa shape index (κ2) is 8.47. The average Bonchev–Trinajstić information content (AvgIpc) is 2.51. The van der Waals surface area contributed by atoms with Crippen LogP contribution in [0.5, 0.6) is 0 Å². The molecule has 126 valence electrons. The van der Waals surface area contributed by atoms with Crippen LogP contribution in [0.2, 0.25) is 0 Å². The Balaban J connectivity index is 1.65. The van der Waals surface area contributed by atoms with Crippen molar-refractivity contribution in [1.29, 1.82) is 0 Å². The van der Waals surface area contributed by atoms with Gasteiger partial charge in [-0.3, -0.25) is 9.59 Å². The highest BCUT2D eigenvalue weighted by atomic mass is 16.2. The van der Waals surface area contributed by atoms with Crippen LogP contribution in [-0.2, 0) is 9.59 Å². The van der Waals surface area contributed by atoms with Crippen LogP contribution in [-0.4, -0.2) is 21.8 Å². The van der Waals surface area contributed by atoms with Crippen molar-refractivity contribution in [1.82, 2.24) is 9.97 Å². The largest absolute Gasteiger partial charge is 0.384 e. The number of nitrogens with two attached hydrogens (primary N) is 2. The van der Waals surface area contributed by atoms with Gasteiger partial charge in [0, 0.05) is 12.8 Å². The van der Waals surface area contributed by atoms with Crippen molar-refractivity contribution in [2.75, 3.05) is 22.1 Å². The van der Waals surface area contributed by atoms with Gasteiger partial charge >= 0.3 is 0 Å². The van der Waals surface area contributed by atoms with Crippen molar-refractivity contribution in [3.05, 3.63) is 36.4 Å². The van der Waals surface area contributed by atoms with Gasteiger partial charge in [0.15, 0.2) is 0 Å². The van der Waals surface area contributed by atoms with Gasteiger partial charge in [-0.25, -0.2) is 9.97 Å². The molecule has 0 saturated carbocycles. The number of rotatable bonds is 7. The van der Waals surface area contributed by atoms with Gasteiger partial charge in [0.25, 0.3) is 0 Å². The van der Waals surface area contributed by atoms with E-state index >= 15 is 0 Å². The van der Waals surface area contributed by atoms with Crippen molar-refractivity contribution in [3.8, 4) is 0 Å². The Hall–Kier alpha value is -3.16. The lowest BCUT2D eigenvalue weighted by Gasteiger charge is -2.06. The van der Waals surface area contributed by atoms with E-state index < -0.39 is 0 Å². The molecule has 0 saturated heterocycles. The van der Waals surface area contributed by atoms with Crippen LogP contribution in [0.25, 0.3) is 0 Å². The fourth-order valence-corrected chi connectivity index (χ4v) is 2.02. The number of nitrogen functional groups attached to an aromatic ring is 2. The quantitative estimate of drug-likeness (QED) is 0.572. The van der Waals surface area contributed by atoms with Gasteiger partial charge in [0.1, 0.15) is 23.3 Å². The minimum absolute atomic E-state index is 0.161. The Kier molecular flexibility index (Phi) is 6.07. The lowest BCUT2D eigenvalue weighted by Crippen LogP contribution is -2.14. The van der Waals surface area contributed by atoms with Crippen LogP contribution in [0.3, 0.4) is 0 Å². The predicted molar refractivity (Wildman–Crippen MR) is 93.0 cm³/mol. The SMILES string of the molecule is Nc1cccc(NC(=O)CCCCC(=O)Nc2cccc(N)n2)n1. The molecule has 0 aliphatic rings. The Morgan fingerprint density at radius 3 is 1.58 bits per heavy atom. The molecule has 2 heterocycles. The minimum Gasteiger partial charge on any atom is -0.384 e. The molecule has 2 amide bonds.